The second-order valence-corrected chi connectivity index (χ2v) is 5.21. The molecule has 0 amide bonds. The third-order valence-electron chi connectivity index (χ3n) is 2.40. The van der Waals surface area contributed by atoms with Crippen LogP contribution in [0.25, 0.3) is 0 Å². The average Bonchev–Trinajstić information content (AvgIpc) is 3.00. The van der Waals surface area contributed by atoms with E-state index in [0.29, 0.717) is 17.8 Å². The highest BCUT2D eigenvalue weighted by Gasteiger charge is 2.26. The molecule has 0 spiro atoms. The van der Waals surface area contributed by atoms with Gasteiger partial charge in [0.15, 0.2) is 0 Å². The summed E-state index contributed by atoms with van der Waals surface area (Å²) in [6, 6.07) is 0.588. The number of ether oxygens (including phenoxy) is 1. The Bertz CT molecular complexity index is 379. The molecule has 0 saturated heterocycles. The van der Waals surface area contributed by atoms with Gasteiger partial charge in [0.25, 0.3) is 5.19 Å². The second kappa shape index (κ2) is 5.83. The van der Waals surface area contributed by atoms with Crippen LogP contribution in [0.3, 0.4) is 0 Å². The highest BCUT2D eigenvalue weighted by molar-refractivity contribution is 7.13. The molecular formula is C10H14F3N3OS. The van der Waals surface area contributed by atoms with Crippen molar-refractivity contribution in [2.24, 2.45) is 0 Å². The smallest absolute Gasteiger partial charge is 0.389 e. The van der Waals surface area contributed by atoms with Gasteiger partial charge in [0.05, 0.1) is 13.2 Å². The van der Waals surface area contributed by atoms with Gasteiger partial charge in [-0.2, -0.15) is 13.2 Å². The number of halogens is 3. The van der Waals surface area contributed by atoms with E-state index in [0.717, 1.165) is 5.01 Å². The Balaban J connectivity index is 1.63. The fraction of sp³-hybridized carbons (Fsp3) is 0.800. The van der Waals surface area contributed by atoms with Gasteiger partial charge in [0.2, 0.25) is 0 Å². The fourth-order valence-corrected chi connectivity index (χ4v) is 1.98. The van der Waals surface area contributed by atoms with E-state index < -0.39 is 12.6 Å². The van der Waals surface area contributed by atoms with Crippen LogP contribution in [0.15, 0.2) is 0 Å². The predicted octanol–water partition coefficient (Wildman–Crippen LogP) is 2.51. The third-order valence-corrected chi connectivity index (χ3v) is 3.23. The van der Waals surface area contributed by atoms with E-state index in [9.17, 15) is 13.2 Å². The van der Waals surface area contributed by atoms with Crippen LogP contribution >= 0.6 is 11.3 Å². The highest BCUT2D eigenvalue weighted by atomic mass is 32.1. The molecule has 1 aromatic heterocycles. The molecule has 1 aromatic rings. The first kappa shape index (κ1) is 13.5. The molecule has 1 heterocycles. The zero-order valence-corrected chi connectivity index (χ0v) is 10.5. The van der Waals surface area contributed by atoms with Crippen molar-refractivity contribution in [3.8, 4) is 5.19 Å². The summed E-state index contributed by atoms with van der Waals surface area (Å²) < 4.78 is 40.8. The molecule has 0 aliphatic heterocycles. The zero-order chi connectivity index (χ0) is 13.0. The maximum Gasteiger partial charge on any atom is 0.389 e. The number of aromatic nitrogens is 2. The van der Waals surface area contributed by atoms with Gasteiger partial charge in [-0.15, -0.1) is 10.2 Å². The van der Waals surface area contributed by atoms with Crippen molar-refractivity contribution in [2.75, 3.05) is 6.61 Å². The lowest BCUT2D eigenvalue weighted by atomic mass is 10.3. The lowest BCUT2D eigenvalue weighted by molar-refractivity contribution is -0.136. The number of hydrogen-bond donors (Lipinski definition) is 1. The molecule has 18 heavy (non-hydrogen) atoms. The molecule has 0 atom stereocenters. The van der Waals surface area contributed by atoms with Crippen LogP contribution in [-0.2, 0) is 6.54 Å². The van der Waals surface area contributed by atoms with E-state index in [1.165, 1.54) is 24.2 Å². The van der Waals surface area contributed by atoms with Crippen LogP contribution in [0.1, 0.15) is 30.7 Å². The molecule has 0 unspecified atom stereocenters. The lowest BCUT2D eigenvalue weighted by Gasteiger charge is -2.05. The van der Waals surface area contributed by atoms with Gasteiger partial charge in [0, 0.05) is 12.5 Å². The van der Waals surface area contributed by atoms with Gasteiger partial charge in [-0.05, 0) is 19.3 Å². The standard InChI is InChI=1S/C10H14F3N3OS/c11-10(12,13)4-1-5-17-9-16-15-8(18-9)6-14-7-2-3-7/h7,14H,1-6H2. The first-order chi connectivity index (χ1) is 8.53. The van der Waals surface area contributed by atoms with Crippen LogP contribution in [0.5, 0.6) is 5.19 Å². The Hall–Kier alpha value is -0.890. The van der Waals surface area contributed by atoms with Crippen LogP contribution in [0.4, 0.5) is 13.2 Å². The van der Waals surface area contributed by atoms with Crippen LogP contribution in [-0.4, -0.2) is 29.0 Å². The molecule has 102 valence electrons. The van der Waals surface area contributed by atoms with Crippen molar-refractivity contribution in [1.82, 2.24) is 15.5 Å². The highest BCUT2D eigenvalue weighted by Crippen LogP contribution is 2.23. The van der Waals surface area contributed by atoms with E-state index in [2.05, 4.69) is 15.5 Å². The van der Waals surface area contributed by atoms with Gasteiger partial charge in [-0.1, -0.05) is 11.3 Å². The summed E-state index contributed by atoms with van der Waals surface area (Å²) in [6.07, 6.45) is -2.62. The van der Waals surface area contributed by atoms with E-state index in [-0.39, 0.29) is 13.0 Å². The molecule has 0 radical (unpaired) electrons. The largest absolute Gasteiger partial charge is 0.469 e. The first-order valence-electron chi connectivity index (χ1n) is 5.78. The summed E-state index contributed by atoms with van der Waals surface area (Å²) in [5, 5.41) is 12.1. The van der Waals surface area contributed by atoms with Gasteiger partial charge in [-0.3, -0.25) is 0 Å². The van der Waals surface area contributed by atoms with Gasteiger partial charge < -0.3 is 10.1 Å². The summed E-state index contributed by atoms with van der Waals surface area (Å²) in [6.45, 7) is 0.665. The molecule has 2 rings (SSSR count). The minimum Gasteiger partial charge on any atom is -0.469 e. The molecule has 0 aromatic carbocycles. The fourth-order valence-electron chi connectivity index (χ4n) is 1.32. The molecule has 1 aliphatic rings. The number of hydrogen-bond acceptors (Lipinski definition) is 5. The lowest BCUT2D eigenvalue weighted by Crippen LogP contribution is -2.14. The Morgan fingerprint density at radius 1 is 1.33 bits per heavy atom. The minimum absolute atomic E-state index is 0.0181. The molecule has 1 saturated carbocycles. The topological polar surface area (TPSA) is 47.0 Å². The molecule has 0 bridgehead atoms. The maximum absolute atomic E-state index is 11.9. The summed E-state index contributed by atoms with van der Waals surface area (Å²) in [4.78, 5) is 0. The monoisotopic (exact) mass is 281 g/mol. The molecule has 4 nitrogen and oxygen atoms in total. The van der Waals surface area contributed by atoms with Gasteiger partial charge in [0.1, 0.15) is 5.01 Å². The van der Waals surface area contributed by atoms with Crippen molar-refractivity contribution < 1.29 is 17.9 Å². The number of nitrogens with zero attached hydrogens (tertiary/aromatic N) is 2. The van der Waals surface area contributed by atoms with Crippen LogP contribution < -0.4 is 10.1 Å². The molecule has 8 heteroatoms. The van der Waals surface area contributed by atoms with Crippen molar-refractivity contribution >= 4 is 11.3 Å². The van der Waals surface area contributed by atoms with Crippen molar-refractivity contribution in [1.29, 1.82) is 0 Å². The normalized spacial score (nSPS) is 15.9. The van der Waals surface area contributed by atoms with Gasteiger partial charge in [-0.25, -0.2) is 0 Å². The Labute approximate surface area is 107 Å². The molecule has 1 aliphatic carbocycles. The maximum atomic E-state index is 11.9. The predicted molar refractivity (Wildman–Crippen MR) is 60.6 cm³/mol. The Morgan fingerprint density at radius 3 is 2.78 bits per heavy atom. The van der Waals surface area contributed by atoms with Crippen LogP contribution in [0, 0.1) is 0 Å². The third kappa shape index (κ3) is 5.18. The number of rotatable bonds is 7. The van der Waals surface area contributed by atoms with Crippen molar-refractivity contribution in [3.63, 3.8) is 0 Å². The zero-order valence-electron chi connectivity index (χ0n) is 9.66. The minimum atomic E-state index is -4.12. The summed E-state index contributed by atoms with van der Waals surface area (Å²) >= 11 is 1.27. The van der Waals surface area contributed by atoms with Gasteiger partial charge >= 0.3 is 6.18 Å². The van der Waals surface area contributed by atoms with Crippen LogP contribution in [0.2, 0.25) is 0 Å². The van der Waals surface area contributed by atoms with E-state index >= 15 is 0 Å². The van der Waals surface area contributed by atoms with Crippen molar-refractivity contribution in [3.05, 3.63) is 5.01 Å². The Morgan fingerprint density at radius 2 is 2.11 bits per heavy atom. The second-order valence-electron chi connectivity index (χ2n) is 4.18. The summed E-state index contributed by atoms with van der Waals surface area (Å²) in [7, 11) is 0. The average molecular weight is 281 g/mol. The van der Waals surface area contributed by atoms with E-state index in [1.54, 1.807) is 0 Å². The Kier molecular flexibility index (Phi) is 4.39. The number of nitrogens with one attached hydrogen (secondary N) is 1. The molecular weight excluding hydrogens is 267 g/mol. The molecule has 1 N–H and O–H groups in total. The summed E-state index contributed by atoms with van der Waals surface area (Å²) in [5.41, 5.74) is 0. The summed E-state index contributed by atoms with van der Waals surface area (Å²) in [5.74, 6) is 0. The van der Waals surface area contributed by atoms with E-state index in [1.807, 2.05) is 0 Å². The van der Waals surface area contributed by atoms with Crippen molar-refractivity contribution in [2.45, 2.75) is 44.4 Å². The SMILES string of the molecule is FC(F)(F)CCCOc1nnc(CNC2CC2)s1. The first-order valence-corrected chi connectivity index (χ1v) is 6.60. The van der Waals surface area contributed by atoms with E-state index in [4.69, 9.17) is 4.74 Å². The molecule has 1 fully saturated rings. The quantitative estimate of drug-likeness (QED) is 0.780. The number of alkyl halides is 3.